The largest absolute Gasteiger partial charge is 0.391 e. The van der Waals surface area contributed by atoms with E-state index in [0.717, 1.165) is 0 Å². The number of nitrogens with one attached hydrogen (secondary N) is 2. The summed E-state index contributed by atoms with van der Waals surface area (Å²) in [7, 11) is 1.77. The summed E-state index contributed by atoms with van der Waals surface area (Å²) in [6, 6.07) is 0.121. The third kappa shape index (κ3) is 4.48. The van der Waals surface area contributed by atoms with E-state index in [1.165, 1.54) is 0 Å². The first kappa shape index (κ1) is 15.3. The molecular formula is C12H21F3N2O. The molecule has 106 valence electrons. The van der Waals surface area contributed by atoms with Gasteiger partial charge in [-0.3, -0.25) is 4.79 Å². The zero-order valence-corrected chi connectivity index (χ0v) is 10.8. The van der Waals surface area contributed by atoms with Crippen LogP contribution in [0.4, 0.5) is 13.2 Å². The Morgan fingerprint density at radius 3 is 2.61 bits per heavy atom. The molecule has 1 aliphatic rings. The van der Waals surface area contributed by atoms with Gasteiger partial charge in [0.1, 0.15) is 0 Å². The first-order valence-electron chi connectivity index (χ1n) is 6.36. The highest BCUT2D eigenvalue weighted by molar-refractivity contribution is 5.78. The van der Waals surface area contributed by atoms with Gasteiger partial charge in [0.2, 0.25) is 5.91 Å². The fourth-order valence-electron chi connectivity index (χ4n) is 2.23. The van der Waals surface area contributed by atoms with Gasteiger partial charge in [-0.05, 0) is 33.2 Å². The summed E-state index contributed by atoms with van der Waals surface area (Å²) in [6.45, 7) is 2.35. The fraction of sp³-hybridized carbons (Fsp3) is 0.917. The van der Waals surface area contributed by atoms with E-state index in [-0.39, 0.29) is 24.8 Å². The molecular weight excluding hydrogens is 245 g/mol. The van der Waals surface area contributed by atoms with E-state index in [9.17, 15) is 18.0 Å². The Balaban J connectivity index is 2.44. The maximum absolute atomic E-state index is 12.6. The predicted molar refractivity (Wildman–Crippen MR) is 63.0 cm³/mol. The number of hydrogen-bond donors (Lipinski definition) is 2. The minimum atomic E-state index is -4.17. The van der Waals surface area contributed by atoms with E-state index in [1.807, 2.05) is 6.92 Å². The van der Waals surface area contributed by atoms with E-state index < -0.39 is 18.0 Å². The Morgan fingerprint density at radius 1 is 1.39 bits per heavy atom. The lowest BCUT2D eigenvalue weighted by molar-refractivity contribution is -0.186. The standard InChI is InChI=1S/C12H21F3N2O/c1-8(16-2)7-17-11(18)9-4-3-5-10(6-9)12(13,14)15/h8-10,16H,3-7H2,1-2H3,(H,17,18). The van der Waals surface area contributed by atoms with Crippen molar-refractivity contribution in [1.82, 2.24) is 10.6 Å². The van der Waals surface area contributed by atoms with Crippen molar-refractivity contribution in [2.45, 2.75) is 44.8 Å². The number of amides is 1. The molecule has 1 aliphatic carbocycles. The van der Waals surface area contributed by atoms with Crippen LogP contribution in [0.5, 0.6) is 0 Å². The minimum absolute atomic E-state index is 0.0662. The summed E-state index contributed by atoms with van der Waals surface area (Å²) in [5, 5.41) is 5.67. The first-order chi connectivity index (χ1) is 8.34. The summed E-state index contributed by atoms with van der Waals surface area (Å²) in [5.41, 5.74) is 0. The molecule has 0 heterocycles. The van der Waals surface area contributed by atoms with Crippen LogP contribution in [0.25, 0.3) is 0 Å². The second-order valence-electron chi connectivity index (χ2n) is 5.04. The van der Waals surface area contributed by atoms with E-state index in [4.69, 9.17) is 0 Å². The summed E-state index contributed by atoms with van der Waals surface area (Å²) in [5.74, 6) is -2.05. The van der Waals surface area contributed by atoms with Gasteiger partial charge in [-0.1, -0.05) is 6.42 Å². The lowest BCUT2D eigenvalue weighted by Crippen LogP contribution is -2.42. The van der Waals surface area contributed by atoms with Crippen LogP contribution in [-0.2, 0) is 4.79 Å². The van der Waals surface area contributed by atoms with Gasteiger partial charge in [0.15, 0.2) is 0 Å². The highest BCUT2D eigenvalue weighted by Gasteiger charge is 2.43. The smallest absolute Gasteiger partial charge is 0.354 e. The number of halogens is 3. The van der Waals surface area contributed by atoms with Crippen molar-refractivity contribution in [3.63, 3.8) is 0 Å². The zero-order chi connectivity index (χ0) is 13.8. The van der Waals surface area contributed by atoms with E-state index in [2.05, 4.69) is 10.6 Å². The van der Waals surface area contributed by atoms with E-state index in [0.29, 0.717) is 19.4 Å². The van der Waals surface area contributed by atoms with Gasteiger partial charge < -0.3 is 10.6 Å². The molecule has 3 unspecified atom stereocenters. The maximum atomic E-state index is 12.6. The van der Waals surface area contributed by atoms with Crippen molar-refractivity contribution < 1.29 is 18.0 Å². The molecule has 1 amide bonds. The molecule has 3 atom stereocenters. The molecule has 18 heavy (non-hydrogen) atoms. The highest BCUT2D eigenvalue weighted by atomic mass is 19.4. The molecule has 0 bridgehead atoms. The normalized spacial score (nSPS) is 26.7. The average molecular weight is 266 g/mol. The fourth-order valence-corrected chi connectivity index (χ4v) is 2.23. The van der Waals surface area contributed by atoms with Crippen molar-refractivity contribution in [1.29, 1.82) is 0 Å². The van der Waals surface area contributed by atoms with Gasteiger partial charge in [-0.15, -0.1) is 0 Å². The van der Waals surface area contributed by atoms with Crippen molar-refractivity contribution in [2.75, 3.05) is 13.6 Å². The average Bonchev–Trinajstić information content (AvgIpc) is 2.34. The van der Waals surface area contributed by atoms with Crippen molar-refractivity contribution in [2.24, 2.45) is 11.8 Å². The third-order valence-corrected chi connectivity index (χ3v) is 3.58. The Hall–Kier alpha value is -0.780. The Labute approximate surface area is 106 Å². The van der Waals surface area contributed by atoms with Crippen molar-refractivity contribution >= 4 is 5.91 Å². The molecule has 1 rings (SSSR count). The molecule has 1 saturated carbocycles. The molecule has 3 nitrogen and oxygen atoms in total. The number of hydrogen-bond acceptors (Lipinski definition) is 2. The Morgan fingerprint density at radius 2 is 2.06 bits per heavy atom. The van der Waals surface area contributed by atoms with Crippen LogP contribution >= 0.6 is 0 Å². The molecule has 0 aromatic heterocycles. The molecule has 1 fully saturated rings. The lowest BCUT2D eigenvalue weighted by atomic mass is 9.80. The van der Waals surface area contributed by atoms with Crippen molar-refractivity contribution in [3.8, 4) is 0 Å². The highest BCUT2D eigenvalue weighted by Crippen LogP contribution is 2.39. The molecule has 0 aromatic carbocycles. The summed E-state index contributed by atoms with van der Waals surface area (Å²) < 4.78 is 37.8. The lowest BCUT2D eigenvalue weighted by Gasteiger charge is -2.30. The van der Waals surface area contributed by atoms with Crippen LogP contribution in [-0.4, -0.2) is 31.7 Å². The second kappa shape index (κ2) is 6.41. The third-order valence-electron chi connectivity index (χ3n) is 3.58. The molecule has 0 radical (unpaired) electrons. The molecule has 0 spiro atoms. The molecule has 6 heteroatoms. The number of carbonyl (C=O) groups excluding carboxylic acids is 1. The van der Waals surface area contributed by atoms with E-state index in [1.54, 1.807) is 7.05 Å². The minimum Gasteiger partial charge on any atom is -0.354 e. The molecule has 2 N–H and O–H groups in total. The van der Waals surface area contributed by atoms with Crippen LogP contribution in [0.1, 0.15) is 32.6 Å². The quantitative estimate of drug-likeness (QED) is 0.818. The van der Waals surface area contributed by atoms with Crippen LogP contribution in [0, 0.1) is 11.8 Å². The Bertz CT molecular complexity index is 281. The first-order valence-corrected chi connectivity index (χ1v) is 6.36. The van der Waals surface area contributed by atoms with Crippen LogP contribution in [0.2, 0.25) is 0 Å². The van der Waals surface area contributed by atoms with Gasteiger partial charge in [0, 0.05) is 18.5 Å². The summed E-state index contributed by atoms with van der Waals surface area (Å²) in [4.78, 5) is 11.8. The molecule has 0 aromatic rings. The van der Waals surface area contributed by atoms with Crippen molar-refractivity contribution in [3.05, 3.63) is 0 Å². The number of alkyl halides is 3. The number of rotatable bonds is 4. The zero-order valence-electron chi connectivity index (χ0n) is 10.8. The molecule has 0 saturated heterocycles. The maximum Gasteiger partial charge on any atom is 0.391 e. The Kier molecular flexibility index (Phi) is 5.44. The summed E-state index contributed by atoms with van der Waals surface area (Å²) in [6.07, 6.45) is -3.04. The van der Waals surface area contributed by atoms with Gasteiger partial charge >= 0.3 is 6.18 Å². The monoisotopic (exact) mass is 266 g/mol. The van der Waals surface area contributed by atoms with Gasteiger partial charge in [-0.2, -0.15) is 13.2 Å². The second-order valence-corrected chi connectivity index (χ2v) is 5.04. The predicted octanol–water partition coefficient (Wildman–Crippen LogP) is 2.08. The molecule has 0 aliphatic heterocycles. The van der Waals surface area contributed by atoms with Crippen LogP contribution < -0.4 is 10.6 Å². The van der Waals surface area contributed by atoms with Gasteiger partial charge in [0.25, 0.3) is 0 Å². The van der Waals surface area contributed by atoms with Gasteiger partial charge in [0.05, 0.1) is 5.92 Å². The number of carbonyl (C=O) groups is 1. The van der Waals surface area contributed by atoms with Crippen LogP contribution in [0.3, 0.4) is 0 Å². The number of likely N-dealkylation sites (N-methyl/N-ethyl adjacent to an activating group) is 1. The summed E-state index contributed by atoms with van der Waals surface area (Å²) >= 11 is 0. The van der Waals surface area contributed by atoms with Gasteiger partial charge in [-0.25, -0.2) is 0 Å². The van der Waals surface area contributed by atoms with E-state index >= 15 is 0 Å². The SMILES string of the molecule is CNC(C)CNC(=O)C1CCCC(C(F)(F)F)C1. The topological polar surface area (TPSA) is 41.1 Å². The van der Waals surface area contributed by atoms with Crippen LogP contribution in [0.15, 0.2) is 0 Å².